The van der Waals surface area contributed by atoms with Gasteiger partial charge < -0.3 is 10.2 Å². The normalized spacial score (nSPS) is 21.2. The molecule has 1 saturated carbocycles. The maximum Gasteiger partial charge on any atom is 0.389 e. The molecule has 138 valence electrons. The molecule has 3 rings (SSSR count). The van der Waals surface area contributed by atoms with Gasteiger partial charge in [-0.1, -0.05) is 0 Å². The van der Waals surface area contributed by atoms with Crippen molar-refractivity contribution in [3.63, 3.8) is 0 Å². The number of hydrogen-bond acceptors (Lipinski definition) is 4. The van der Waals surface area contributed by atoms with Crippen LogP contribution in [0.15, 0.2) is 12.3 Å². The Kier molecular flexibility index (Phi) is 5.44. The Morgan fingerprint density at radius 3 is 2.84 bits per heavy atom. The molecule has 0 radical (unpaired) electrons. The number of aromatic nitrogens is 2. The molecule has 8 heteroatoms. The summed E-state index contributed by atoms with van der Waals surface area (Å²) in [4.78, 5) is 22.3. The summed E-state index contributed by atoms with van der Waals surface area (Å²) in [7, 11) is 0. The third-order valence-electron chi connectivity index (χ3n) is 4.68. The Balaban J connectivity index is 1.48. The average molecular weight is 356 g/mol. The van der Waals surface area contributed by atoms with Gasteiger partial charge in [-0.05, 0) is 44.1 Å². The van der Waals surface area contributed by atoms with Crippen LogP contribution in [0.3, 0.4) is 0 Å². The van der Waals surface area contributed by atoms with Gasteiger partial charge in [-0.25, -0.2) is 9.97 Å². The Labute approximate surface area is 145 Å². The van der Waals surface area contributed by atoms with E-state index in [1.165, 1.54) is 12.3 Å². The molecular formula is C17H23F3N4O. The highest BCUT2D eigenvalue weighted by Gasteiger charge is 2.35. The highest BCUT2D eigenvalue weighted by molar-refractivity contribution is 5.81. The van der Waals surface area contributed by atoms with Crippen LogP contribution in [-0.4, -0.2) is 46.6 Å². The number of amides is 1. The van der Waals surface area contributed by atoms with Crippen LogP contribution in [0.5, 0.6) is 0 Å². The number of hydrogen-bond donors (Lipinski definition) is 1. The van der Waals surface area contributed by atoms with Crippen molar-refractivity contribution in [1.29, 1.82) is 0 Å². The average Bonchev–Trinajstić information content (AvgIpc) is 3.43. The Morgan fingerprint density at radius 1 is 1.32 bits per heavy atom. The van der Waals surface area contributed by atoms with Gasteiger partial charge in [0.1, 0.15) is 0 Å². The van der Waals surface area contributed by atoms with Gasteiger partial charge in [0, 0.05) is 43.9 Å². The molecule has 1 aliphatic heterocycles. The molecule has 2 aliphatic rings. The number of likely N-dealkylation sites (tertiary alicyclic amines) is 1. The summed E-state index contributed by atoms with van der Waals surface area (Å²) in [5.41, 5.74) is 0.379. The lowest BCUT2D eigenvalue weighted by molar-refractivity contribution is -0.135. The summed E-state index contributed by atoms with van der Waals surface area (Å²) in [5, 5.41) is 3.11. The minimum absolute atomic E-state index is 0.145. The second-order valence-corrected chi connectivity index (χ2v) is 6.93. The summed E-state index contributed by atoms with van der Waals surface area (Å²) in [6.45, 7) is 2.18. The third-order valence-corrected chi connectivity index (χ3v) is 4.68. The lowest BCUT2D eigenvalue weighted by Crippen LogP contribution is -2.42. The first-order valence-electron chi connectivity index (χ1n) is 8.82. The quantitative estimate of drug-likeness (QED) is 0.851. The lowest BCUT2D eigenvalue weighted by Gasteiger charge is -2.33. The van der Waals surface area contributed by atoms with E-state index in [4.69, 9.17) is 0 Å². The van der Waals surface area contributed by atoms with Crippen molar-refractivity contribution in [1.82, 2.24) is 14.9 Å². The lowest BCUT2D eigenvalue weighted by atomic mass is 9.97. The van der Waals surface area contributed by atoms with Crippen molar-refractivity contribution < 1.29 is 18.0 Å². The zero-order valence-corrected chi connectivity index (χ0v) is 14.1. The smallest absolute Gasteiger partial charge is 0.354 e. The van der Waals surface area contributed by atoms with E-state index in [2.05, 4.69) is 15.3 Å². The molecule has 1 aromatic rings. The molecule has 1 amide bonds. The highest BCUT2D eigenvalue weighted by atomic mass is 19.4. The first-order chi connectivity index (χ1) is 11.9. The van der Waals surface area contributed by atoms with Crippen LogP contribution in [0.2, 0.25) is 0 Å². The standard InChI is InChI=1S/C17H23F3N4O/c18-17(19,20)7-5-14-6-8-21-16(23-14)22-10-12-2-1-9-24(11-12)15(25)13-3-4-13/h6,8,12-13H,1-5,7,9-11H2,(H,21,22,23)/t12-/m0/s1. The molecule has 1 saturated heterocycles. The van der Waals surface area contributed by atoms with Crippen LogP contribution in [0.25, 0.3) is 0 Å². The molecule has 0 spiro atoms. The minimum Gasteiger partial charge on any atom is -0.354 e. The molecular weight excluding hydrogens is 333 g/mol. The zero-order valence-electron chi connectivity index (χ0n) is 14.1. The van der Waals surface area contributed by atoms with Crippen LogP contribution >= 0.6 is 0 Å². The monoisotopic (exact) mass is 356 g/mol. The van der Waals surface area contributed by atoms with Gasteiger partial charge >= 0.3 is 6.18 Å². The number of alkyl halides is 3. The minimum atomic E-state index is -4.18. The van der Waals surface area contributed by atoms with Crippen LogP contribution < -0.4 is 5.32 Å². The number of piperidine rings is 1. The summed E-state index contributed by atoms with van der Waals surface area (Å²) < 4.78 is 36.9. The fourth-order valence-electron chi connectivity index (χ4n) is 3.15. The number of halogens is 3. The summed E-state index contributed by atoms with van der Waals surface area (Å²) in [6, 6.07) is 1.51. The van der Waals surface area contributed by atoms with E-state index in [-0.39, 0.29) is 18.2 Å². The second kappa shape index (κ2) is 7.58. The molecule has 1 atom stereocenters. The topological polar surface area (TPSA) is 58.1 Å². The molecule has 0 unspecified atom stereocenters. The van der Waals surface area contributed by atoms with E-state index in [0.717, 1.165) is 38.8 Å². The van der Waals surface area contributed by atoms with Gasteiger partial charge in [0.2, 0.25) is 11.9 Å². The van der Waals surface area contributed by atoms with Crippen molar-refractivity contribution in [2.45, 2.75) is 44.7 Å². The summed E-state index contributed by atoms with van der Waals surface area (Å²) in [6.07, 6.45) is 0.293. The fourth-order valence-corrected chi connectivity index (χ4v) is 3.15. The number of carbonyl (C=O) groups excluding carboxylic acids is 1. The first kappa shape index (κ1) is 17.9. The number of rotatable bonds is 6. The number of aryl methyl sites for hydroxylation is 1. The third kappa shape index (κ3) is 5.57. The van der Waals surface area contributed by atoms with E-state index in [9.17, 15) is 18.0 Å². The van der Waals surface area contributed by atoms with Gasteiger partial charge in [0.25, 0.3) is 0 Å². The summed E-state index contributed by atoms with van der Waals surface area (Å²) >= 11 is 0. The SMILES string of the molecule is O=C(C1CC1)N1CCC[C@@H](CNc2nccc(CCC(F)(F)F)n2)C1. The molecule has 0 bridgehead atoms. The Morgan fingerprint density at radius 2 is 2.12 bits per heavy atom. The number of nitrogens with zero attached hydrogens (tertiary/aromatic N) is 3. The van der Waals surface area contributed by atoms with Gasteiger partial charge in [-0.3, -0.25) is 4.79 Å². The number of nitrogens with one attached hydrogen (secondary N) is 1. The van der Waals surface area contributed by atoms with Crippen molar-refractivity contribution in [3.05, 3.63) is 18.0 Å². The summed E-state index contributed by atoms with van der Waals surface area (Å²) in [5.74, 6) is 1.18. The maximum absolute atomic E-state index is 12.3. The van der Waals surface area contributed by atoms with Crippen LogP contribution in [0, 0.1) is 11.8 Å². The zero-order chi connectivity index (χ0) is 17.9. The van der Waals surface area contributed by atoms with E-state index in [0.29, 0.717) is 24.1 Å². The van der Waals surface area contributed by atoms with E-state index in [1.807, 2.05) is 4.90 Å². The Hall–Kier alpha value is -1.86. The molecule has 2 heterocycles. The van der Waals surface area contributed by atoms with Crippen LogP contribution in [0.4, 0.5) is 19.1 Å². The second-order valence-electron chi connectivity index (χ2n) is 6.93. The molecule has 2 fully saturated rings. The molecule has 0 aromatic carbocycles. The van der Waals surface area contributed by atoms with E-state index in [1.54, 1.807) is 0 Å². The van der Waals surface area contributed by atoms with Gasteiger partial charge in [-0.2, -0.15) is 13.2 Å². The molecule has 1 N–H and O–H groups in total. The molecule has 25 heavy (non-hydrogen) atoms. The van der Waals surface area contributed by atoms with Crippen molar-refractivity contribution >= 4 is 11.9 Å². The molecule has 1 aromatic heterocycles. The Bertz CT molecular complexity index is 604. The molecule has 5 nitrogen and oxygen atoms in total. The first-order valence-corrected chi connectivity index (χ1v) is 8.82. The van der Waals surface area contributed by atoms with Gasteiger partial charge in [0.05, 0.1) is 0 Å². The number of anilines is 1. The maximum atomic E-state index is 12.3. The van der Waals surface area contributed by atoms with Gasteiger partial charge in [0.15, 0.2) is 0 Å². The highest BCUT2D eigenvalue weighted by Crippen LogP contribution is 2.32. The van der Waals surface area contributed by atoms with Gasteiger partial charge in [-0.15, -0.1) is 0 Å². The van der Waals surface area contributed by atoms with E-state index < -0.39 is 12.6 Å². The predicted molar refractivity (Wildman–Crippen MR) is 86.9 cm³/mol. The van der Waals surface area contributed by atoms with Crippen molar-refractivity contribution in [3.8, 4) is 0 Å². The molecule has 1 aliphatic carbocycles. The fraction of sp³-hybridized carbons (Fsp3) is 0.706. The largest absolute Gasteiger partial charge is 0.389 e. The van der Waals surface area contributed by atoms with Crippen molar-refractivity contribution in [2.24, 2.45) is 11.8 Å². The van der Waals surface area contributed by atoms with Crippen LogP contribution in [0.1, 0.15) is 37.8 Å². The predicted octanol–water partition coefficient (Wildman–Crippen LogP) is 3.03. The van der Waals surface area contributed by atoms with Crippen LogP contribution in [-0.2, 0) is 11.2 Å². The van der Waals surface area contributed by atoms with E-state index >= 15 is 0 Å². The number of carbonyl (C=O) groups is 1. The van der Waals surface area contributed by atoms with Crippen molar-refractivity contribution in [2.75, 3.05) is 25.0 Å².